The molecule has 1 atom stereocenters. The molecule has 0 spiro atoms. The second kappa shape index (κ2) is 6.01. The average Bonchev–Trinajstić information content (AvgIpc) is 2.41. The van der Waals surface area contributed by atoms with E-state index in [0.29, 0.717) is 11.3 Å². The minimum absolute atomic E-state index is 0.00459. The number of benzene rings is 2. The maximum Gasteiger partial charge on any atom is 0.241 e. The van der Waals surface area contributed by atoms with Crippen LogP contribution < -0.4 is 10.5 Å². The molecule has 2 rings (SSSR count). The molecule has 21 heavy (non-hydrogen) atoms. The van der Waals surface area contributed by atoms with Crippen LogP contribution in [-0.4, -0.2) is 8.42 Å². The Morgan fingerprint density at radius 3 is 2.57 bits per heavy atom. The van der Waals surface area contributed by atoms with E-state index in [-0.39, 0.29) is 9.92 Å². The van der Waals surface area contributed by atoms with E-state index in [9.17, 15) is 12.8 Å². The molecule has 0 bridgehead atoms. The number of hydrogen-bond donors (Lipinski definition) is 2. The molecule has 7 heteroatoms. The van der Waals surface area contributed by atoms with Gasteiger partial charge in [-0.2, -0.15) is 0 Å². The number of sulfonamides is 1. The van der Waals surface area contributed by atoms with E-state index in [1.165, 1.54) is 36.4 Å². The summed E-state index contributed by atoms with van der Waals surface area (Å²) in [4.78, 5) is 0.00459. The maximum absolute atomic E-state index is 13.2. The van der Waals surface area contributed by atoms with E-state index in [1.54, 1.807) is 13.0 Å². The Labute approximate surface area is 127 Å². The first-order chi connectivity index (χ1) is 9.79. The van der Waals surface area contributed by atoms with E-state index >= 15 is 0 Å². The topological polar surface area (TPSA) is 72.2 Å². The van der Waals surface area contributed by atoms with E-state index in [1.807, 2.05) is 0 Å². The Morgan fingerprint density at radius 1 is 1.24 bits per heavy atom. The SMILES string of the molecule is CC(NS(=O)(=O)c1ccc(N)c(Cl)c1)c1cccc(F)c1. The van der Waals surface area contributed by atoms with Gasteiger partial charge in [-0.25, -0.2) is 17.5 Å². The van der Waals surface area contributed by atoms with Crippen LogP contribution in [0.1, 0.15) is 18.5 Å². The second-order valence-electron chi connectivity index (χ2n) is 4.58. The molecule has 0 aliphatic rings. The van der Waals surface area contributed by atoms with Crippen molar-refractivity contribution in [1.82, 2.24) is 4.72 Å². The van der Waals surface area contributed by atoms with Gasteiger partial charge < -0.3 is 5.73 Å². The number of nitrogens with one attached hydrogen (secondary N) is 1. The lowest BCUT2D eigenvalue weighted by molar-refractivity contribution is 0.564. The normalized spacial score (nSPS) is 13.1. The zero-order valence-corrected chi connectivity index (χ0v) is 12.7. The van der Waals surface area contributed by atoms with Crippen LogP contribution in [0, 0.1) is 5.82 Å². The van der Waals surface area contributed by atoms with Gasteiger partial charge in [0.15, 0.2) is 0 Å². The summed E-state index contributed by atoms with van der Waals surface area (Å²) in [5.74, 6) is -0.422. The molecule has 0 heterocycles. The first-order valence-electron chi connectivity index (χ1n) is 6.12. The van der Waals surface area contributed by atoms with Crippen molar-refractivity contribution in [1.29, 1.82) is 0 Å². The van der Waals surface area contributed by atoms with Gasteiger partial charge >= 0.3 is 0 Å². The summed E-state index contributed by atoms with van der Waals surface area (Å²) >= 11 is 5.83. The van der Waals surface area contributed by atoms with Crippen LogP contribution in [0.25, 0.3) is 0 Å². The number of halogens is 2. The van der Waals surface area contributed by atoms with Crippen LogP contribution in [0.2, 0.25) is 5.02 Å². The highest BCUT2D eigenvalue weighted by Crippen LogP contribution is 2.24. The maximum atomic E-state index is 13.2. The Kier molecular flexibility index (Phi) is 4.51. The van der Waals surface area contributed by atoms with Gasteiger partial charge in [-0.1, -0.05) is 23.7 Å². The molecule has 0 saturated carbocycles. The standard InChI is InChI=1S/C14H14ClFN2O2S/c1-9(10-3-2-4-11(16)7-10)18-21(19,20)12-5-6-14(17)13(15)8-12/h2-9,18H,17H2,1H3. The van der Waals surface area contributed by atoms with Crippen LogP contribution in [0.3, 0.4) is 0 Å². The lowest BCUT2D eigenvalue weighted by atomic mass is 10.1. The largest absolute Gasteiger partial charge is 0.398 e. The van der Waals surface area contributed by atoms with E-state index < -0.39 is 21.9 Å². The first kappa shape index (κ1) is 15.8. The predicted molar refractivity (Wildman–Crippen MR) is 81.0 cm³/mol. The van der Waals surface area contributed by atoms with Crippen molar-refractivity contribution in [2.45, 2.75) is 17.9 Å². The van der Waals surface area contributed by atoms with Gasteiger partial charge in [0.05, 0.1) is 15.6 Å². The fraction of sp³-hybridized carbons (Fsp3) is 0.143. The molecule has 0 radical (unpaired) electrons. The first-order valence-corrected chi connectivity index (χ1v) is 7.98. The summed E-state index contributed by atoms with van der Waals surface area (Å²) in [6.45, 7) is 1.63. The Hall–Kier alpha value is -1.63. The Bertz CT molecular complexity index is 765. The molecule has 0 aliphatic heterocycles. The molecule has 4 nitrogen and oxygen atoms in total. The summed E-state index contributed by atoms with van der Waals surface area (Å²) in [6.07, 6.45) is 0. The zero-order chi connectivity index (χ0) is 15.6. The lowest BCUT2D eigenvalue weighted by Crippen LogP contribution is -2.27. The zero-order valence-electron chi connectivity index (χ0n) is 11.2. The minimum Gasteiger partial charge on any atom is -0.398 e. The molecular formula is C14H14ClFN2O2S. The smallest absolute Gasteiger partial charge is 0.241 e. The van der Waals surface area contributed by atoms with Gasteiger partial charge in [0.25, 0.3) is 0 Å². The summed E-state index contributed by atoms with van der Waals surface area (Å²) in [7, 11) is -3.77. The molecule has 112 valence electrons. The molecule has 0 aliphatic carbocycles. The molecule has 0 saturated heterocycles. The van der Waals surface area contributed by atoms with Crippen molar-refractivity contribution in [3.63, 3.8) is 0 Å². The van der Waals surface area contributed by atoms with Crippen LogP contribution in [0.5, 0.6) is 0 Å². The second-order valence-corrected chi connectivity index (χ2v) is 6.70. The fourth-order valence-corrected chi connectivity index (χ4v) is 3.32. The van der Waals surface area contributed by atoms with Crippen molar-refractivity contribution in [2.75, 3.05) is 5.73 Å². The van der Waals surface area contributed by atoms with Gasteiger partial charge in [-0.05, 0) is 42.8 Å². The Morgan fingerprint density at radius 2 is 1.95 bits per heavy atom. The summed E-state index contributed by atoms with van der Waals surface area (Å²) in [5, 5.41) is 0.163. The Balaban J connectivity index is 2.26. The third-order valence-electron chi connectivity index (χ3n) is 2.96. The summed E-state index contributed by atoms with van der Waals surface area (Å²) in [6, 6.07) is 9.22. The predicted octanol–water partition coefficient (Wildman–Crippen LogP) is 3.10. The van der Waals surface area contributed by atoms with Crippen LogP contribution in [0.4, 0.5) is 10.1 Å². The molecule has 1 unspecified atom stereocenters. The summed E-state index contributed by atoms with van der Waals surface area (Å²) < 4.78 is 40.2. The quantitative estimate of drug-likeness (QED) is 0.847. The molecule has 3 N–H and O–H groups in total. The number of nitrogens with two attached hydrogens (primary N) is 1. The highest BCUT2D eigenvalue weighted by molar-refractivity contribution is 7.89. The number of anilines is 1. The average molecular weight is 329 g/mol. The van der Waals surface area contributed by atoms with Gasteiger partial charge in [-0.15, -0.1) is 0 Å². The molecule has 0 aromatic heterocycles. The lowest BCUT2D eigenvalue weighted by Gasteiger charge is -2.15. The third-order valence-corrected chi connectivity index (χ3v) is 4.83. The van der Waals surface area contributed by atoms with Crippen molar-refractivity contribution in [3.8, 4) is 0 Å². The van der Waals surface area contributed by atoms with Crippen molar-refractivity contribution < 1.29 is 12.8 Å². The van der Waals surface area contributed by atoms with Gasteiger partial charge in [0.1, 0.15) is 5.82 Å². The number of hydrogen-bond acceptors (Lipinski definition) is 3. The van der Waals surface area contributed by atoms with E-state index in [2.05, 4.69) is 4.72 Å². The van der Waals surface area contributed by atoms with Crippen LogP contribution in [-0.2, 0) is 10.0 Å². The monoisotopic (exact) mass is 328 g/mol. The van der Waals surface area contributed by atoms with Crippen LogP contribution >= 0.6 is 11.6 Å². The molecule has 2 aromatic carbocycles. The van der Waals surface area contributed by atoms with Crippen molar-refractivity contribution >= 4 is 27.3 Å². The molecule has 2 aromatic rings. The molecule has 0 amide bonds. The van der Waals surface area contributed by atoms with Gasteiger partial charge in [0, 0.05) is 6.04 Å². The highest BCUT2D eigenvalue weighted by atomic mass is 35.5. The van der Waals surface area contributed by atoms with Gasteiger partial charge in [0.2, 0.25) is 10.0 Å². The van der Waals surface area contributed by atoms with E-state index in [0.717, 1.165) is 0 Å². The minimum atomic E-state index is -3.77. The van der Waals surface area contributed by atoms with E-state index in [4.69, 9.17) is 17.3 Å². The fourth-order valence-electron chi connectivity index (χ4n) is 1.82. The third kappa shape index (κ3) is 3.72. The molecular weight excluding hydrogens is 315 g/mol. The molecule has 0 fully saturated rings. The highest BCUT2D eigenvalue weighted by Gasteiger charge is 2.19. The summed E-state index contributed by atoms with van der Waals surface area (Å²) in [5.41, 5.74) is 6.38. The van der Waals surface area contributed by atoms with Gasteiger partial charge in [-0.3, -0.25) is 0 Å². The number of rotatable bonds is 4. The van der Waals surface area contributed by atoms with Crippen molar-refractivity contribution in [3.05, 3.63) is 58.9 Å². The number of nitrogen functional groups attached to an aromatic ring is 1. The van der Waals surface area contributed by atoms with Crippen LogP contribution in [0.15, 0.2) is 47.4 Å². The van der Waals surface area contributed by atoms with Crippen molar-refractivity contribution in [2.24, 2.45) is 0 Å².